The van der Waals surface area contributed by atoms with Crippen molar-refractivity contribution in [3.63, 3.8) is 0 Å². The molecule has 0 unspecified atom stereocenters. The number of halogens is 1. The summed E-state index contributed by atoms with van der Waals surface area (Å²) in [6, 6.07) is 3.68. The van der Waals surface area contributed by atoms with Crippen LogP contribution in [0.5, 0.6) is 0 Å². The van der Waals surface area contributed by atoms with Crippen molar-refractivity contribution in [2.24, 2.45) is 11.1 Å². The Kier molecular flexibility index (Phi) is 4.93. The van der Waals surface area contributed by atoms with Crippen LogP contribution < -0.4 is 11.1 Å². The van der Waals surface area contributed by atoms with Gasteiger partial charge in [-0.2, -0.15) is 0 Å². The molecule has 5 heteroatoms. The molecule has 1 aromatic heterocycles. The van der Waals surface area contributed by atoms with Crippen LogP contribution in [0.3, 0.4) is 0 Å². The number of amides is 1. The molecule has 0 spiro atoms. The number of nitrogens with one attached hydrogen (secondary N) is 1. The number of nitrogens with zero attached hydrogens (tertiary/aromatic N) is 1. The zero-order valence-electron chi connectivity index (χ0n) is 11.0. The van der Waals surface area contributed by atoms with E-state index >= 15 is 0 Å². The van der Waals surface area contributed by atoms with Gasteiger partial charge in [-0.15, -0.1) is 0 Å². The van der Waals surface area contributed by atoms with Crippen molar-refractivity contribution in [3.05, 3.63) is 22.8 Å². The topological polar surface area (TPSA) is 68.0 Å². The van der Waals surface area contributed by atoms with Gasteiger partial charge in [-0.05, 0) is 52.9 Å². The van der Waals surface area contributed by atoms with Crippen LogP contribution in [0.4, 0.5) is 5.82 Å². The molecule has 104 valence electrons. The highest BCUT2D eigenvalue weighted by atomic mass is 79.9. The molecular formula is C14H20BrN3O. The Morgan fingerprint density at radius 1 is 1.42 bits per heavy atom. The highest BCUT2D eigenvalue weighted by Gasteiger charge is 2.33. The number of pyridine rings is 1. The maximum atomic E-state index is 12.2. The molecule has 19 heavy (non-hydrogen) atoms. The van der Waals surface area contributed by atoms with Crippen molar-refractivity contribution in [2.75, 3.05) is 11.9 Å². The minimum Gasteiger partial charge on any atom is -0.330 e. The average Bonchev–Trinajstić information content (AvgIpc) is 2.42. The minimum absolute atomic E-state index is 0.00625. The maximum Gasteiger partial charge on any atom is 0.226 e. The van der Waals surface area contributed by atoms with Gasteiger partial charge in [-0.3, -0.25) is 4.79 Å². The molecule has 0 aliphatic heterocycles. The smallest absolute Gasteiger partial charge is 0.226 e. The zero-order chi connectivity index (χ0) is 13.7. The first-order chi connectivity index (χ1) is 9.15. The van der Waals surface area contributed by atoms with Crippen molar-refractivity contribution in [1.82, 2.24) is 4.98 Å². The molecule has 2 rings (SSSR count). The van der Waals surface area contributed by atoms with Crippen LogP contribution in [0.1, 0.15) is 38.5 Å². The van der Waals surface area contributed by atoms with Crippen molar-refractivity contribution >= 4 is 27.7 Å². The normalized spacial score (nSPS) is 18.0. The lowest BCUT2D eigenvalue weighted by molar-refractivity contribution is -0.118. The van der Waals surface area contributed by atoms with E-state index in [1.807, 2.05) is 12.1 Å². The van der Waals surface area contributed by atoms with Gasteiger partial charge in [0.1, 0.15) is 5.82 Å². The van der Waals surface area contributed by atoms with E-state index in [0.29, 0.717) is 18.8 Å². The van der Waals surface area contributed by atoms with Gasteiger partial charge in [0, 0.05) is 12.6 Å². The summed E-state index contributed by atoms with van der Waals surface area (Å²) < 4.78 is 0.800. The number of hydrogen-bond donors (Lipinski definition) is 2. The number of carbonyl (C=O) groups is 1. The average molecular weight is 326 g/mol. The molecule has 1 amide bonds. The highest BCUT2D eigenvalue weighted by Crippen LogP contribution is 2.38. The predicted molar refractivity (Wildman–Crippen MR) is 79.8 cm³/mol. The van der Waals surface area contributed by atoms with Crippen LogP contribution in [-0.2, 0) is 4.79 Å². The Morgan fingerprint density at radius 3 is 2.79 bits per heavy atom. The second-order valence-corrected chi connectivity index (χ2v) is 6.18. The monoisotopic (exact) mass is 325 g/mol. The van der Waals surface area contributed by atoms with Gasteiger partial charge in [-0.25, -0.2) is 4.98 Å². The number of rotatable bonds is 4. The Bertz CT molecular complexity index is 444. The first-order valence-corrected chi connectivity index (χ1v) is 7.55. The van der Waals surface area contributed by atoms with Gasteiger partial charge >= 0.3 is 0 Å². The first-order valence-electron chi connectivity index (χ1n) is 6.76. The van der Waals surface area contributed by atoms with Crippen LogP contribution in [0, 0.1) is 5.41 Å². The Hall–Kier alpha value is -0.940. The van der Waals surface area contributed by atoms with Gasteiger partial charge < -0.3 is 11.1 Å². The molecule has 3 N–H and O–H groups in total. The van der Waals surface area contributed by atoms with Gasteiger partial charge in [-0.1, -0.05) is 19.3 Å². The van der Waals surface area contributed by atoms with Crippen molar-refractivity contribution in [2.45, 2.75) is 38.5 Å². The third-order valence-corrected chi connectivity index (χ3v) is 4.54. The Balaban J connectivity index is 1.98. The summed E-state index contributed by atoms with van der Waals surface area (Å²) in [5.41, 5.74) is 5.89. The summed E-state index contributed by atoms with van der Waals surface area (Å²) in [6.45, 7) is 0.587. The number of anilines is 1. The van der Waals surface area contributed by atoms with Crippen LogP contribution in [-0.4, -0.2) is 17.4 Å². The van der Waals surface area contributed by atoms with E-state index in [1.165, 1.54) is 19.3 Å². The zero-order valence-corrected chi connectivity index (χ0v) is 12.6. The van der Waals surface area contributed by atoms with E-state index in [-0.39, 0.29) is 11.3 Å². The van der Waals surface area contributed by atoms with Gasteiger partial charge in [0.15, 0.2) is 0 Å². The molecule has 0 atom stereocenters. The second-order valence-electron chi connectivity index (χ2n) is 5.32. The highest BCUT2D eigenvalue weighted by molar-refractivity contribution is 9.10. The van der Waals surface area contributed by atoms with Gasteiger partial charge in [0.25, 0.3) is 0 Å². The largest absolute Gasteiger partial charge is 0.330 e. The molecule has 1 fully saturated rings. The first kappa shape index (κ1) is 14.5. The molecule has 1 saturated carbocycles. The molecule has 4 nitrogen and oxygen atoms in total. The SMILES string of the molecule is NCC1(CC(=O)Nc2ncccc2Br)CCCCC1. The Labute approximate surface area is 122 Å². The standard InChI is InChI=1S/C14H20BrN3O/c15-11-5-4-8-17-13(11)18-12(19)9-14(10-16)6-2-1-3-7-14/h4-5,8H,1-3,6-7,9-10,16H2,(H,17,18,19). The van der Waals surface area contributed by atoms with Crippen molar-refractivity contribution in [3.8, 4) is 0 Å². The Morgan fingerprint density at radius 2 is 2.16 bits per heavy atom. The van der Waals surface area contributed by atoms with Crippen LogP contribution >= 0.6 is 15.9 Å². The molecule has 1 aromatic rings. The summed E-state index contributed by atoms with van der Waals surface area (Å²) in [6.07, 6.45) is 7.89. The number of hydrogen-bond acceptors (Lipinski definition) is 3. The third-order valence-electron chi connectivity index (χ3n) is 3.90. The quantitative estimate of drug-likeness (QED) is 0.893. The van der Waals surface area contributed by atoms with E-state index in [0.717, 1.165) is 17.3 Å². The summed E-state index contributed by atoms with van der Waals surface area (Å²) in [4.78, 5) is 16.3. The molecule has 0 radical (unpaired) electrons. The van der Waals surface area contributed by atoms with Crippen LogP contribution in [0.2, 0.25) is 0 Å². The van der Waals surface area contributed by atoms with Crippen molar-refractivity contribution in [1.29, 1.82) is 0 Å². The fourth-order valence-electron chi connectivity index (χ4n) is 2.75. The minimum atomic E-state index is -0.0103. The number of aromatic nitrogens is 1. The molecule has 0 saturated heterocycles. The molecular weight excluding hydrogens is 306 g/mol. The lowest BCUT2D eigenvalue weighted by Crippen LogP contribution is -2.36. The molecule has 0 bridgehead atoms. The maximum absolute atomic E-state index is 12.2. The lowest BCUT2D eigenvalue weighted by Gasteiger charge is -2.35. The van der Waals surface area contributed by atoms with E-state index in [2.05, 4.69) is 26.2 Å². The predicted octanol–water partition coefficient (Wildman–Crippen LogP) is 3.08. The van der Waals surface area contributed by atoms with Gasteiger partial charge in [0.2, 0.25) is 5.91 Å². The van der Waals surface area contributed by atoms with Gasteiger partial charge in [0.05, 0.1) is 4.47 Å². The third kappa shape index (κ3) is 3.76. The fourth-order valence-corrected chi connectivity index (χ4v) is 3.10. The van der Waals surface area contributed by atoms with E-state index in [9.17, 15) is 4.79 Å². The van der Waals surface area contributed by atoms with Crippen molar-refractivity contribution < 1.29 is 4.79 Å². The van der Waals surface area contributed by atoms with E-state index in [4.69, 9.17) is 5.73 Å². The molecule has 1 heterocycles. The number of carbonyl (C=O) groups excluding carboxylic acids is 1. The second kappa shape index (κ2) is 6.48. The van der Waals surface area contributed by atoms with Crippen LogP contribution in [0.15, 0.2) is 22.8 Å². The van der Waals surface area contributed by atoms with E-state index in [1.54, 1.807) is 6.20 Å². The summed E-state index contributed by atoms with van der Waals surface area (Å²) >= 11 is 3.38. The summed E-state index contributed by atoms with van der Waals surface area (Å²) in [5.74, 6) is 0.585. The molecule has 1 aliphatic rings. The molecule has 1 aliphatic carbocycles. The number of nitrogens with two attached hydrogens (primary N) is 1. The van der Waals surface area contributed by atoms with E-state index < -0.39 is 0 Å². The lowest BCUT2D eigenvalue weighted by atomic mass is 9.71. The summed E-state index contributed by atoms with van der Waals surface area (Å²) in [7, 11) is 0. The molecule has 0 aromatic carbocycles. The summed E-state index contributed by atoms with van der Waals surface area (Å²) in [5, 5.41) is 2.86. The fraction of sp³-hybridized carbons (Fsp3) is 0.571. The van der Waals surface area contributed by atoms with Crippen LogP contribution in [0.25, 0.3) is 0 Å².